The molecule has 2 rings (SSSR count). The zero-order chi connectivity index (χ0) is 15.5. The average molecular weight is 293 g/mol. The third-order valence-electron chi connectivity index (χ3n) is 4.58. The van der Waals surface area contributed by atoms with Crippen molar-refractivity contribution in [2.24, 2.45) is 5.41 Å². The van der Waals surface area contributed by atoms with Gasteiger partial charge < -0.3 is 19.5 Å². The minimum Gasteiger partial charge on any atom is -0.493 e. The normalized spacial score (nSPS) is 17.8. The van der Waals surface area contributed by atoms with Crippen molar-refractivity contribution in [3.05, 3.63) is 17.7 Å². The fourth-order valence-electron chi connectivity index (χ4n) is 2.83. The Morgan fingerprint density at radius 3 is 2.05 bits per heavy atom. The summed E-state index contributed by atoms with van der Waals surface area (Å²) in [6, 6.07) is 4.28. The Labute approximate surface area is 127 Å². The van der Waals surface area contributed by atoms with Gasteiger partial charge in [-0.1, -0.05) is 13.3 Å². The van der Waals surface area contributed by atoms with Gasteiger partial charge in [0.1, 0.15) is 0 Å². The molecule has 4 nitrogen and oxygen atoms in total. The third-order valence-corrected chi connectivity index (χ3v) is 4.58. The minimum atomic E-state index is 0.246. The van der Waals surface area contributed by atoms with Crippen molar-refractivity contribution in [3.8, 4) is 17.2 Å². The van der Waals surface area contributed by atoms with E-state index in [0.717, 1.165) is 12.1 Å². The van der Waals surface area contributed by atoms with Crippen molar-refractivity contribution in [1.29, 1.82) is 0 Å². The number of hydrogen-bond acceptors (Lipinski definition) is 4. The maximum atomic E-state index is 5.41. The summed E-state index contributed by atoms with van der Waals surface area (Å²) in [5.41, 5.74) is 1.61. The minimum absolute atomic E-state index is 0.246. The molecule has 1 aliphatic rings. The Morgan fingerprint density at radius 2 is 1.67 bits per heavy atom. The van der Waals surface area contributed by atoms with Gasteiger partial charge in [0.2, 0.25) is 5.75 Å². The van der Waals surface area contributed by atoms with Crippen LogP contribution in [0.3, 0.4) is 0 Å². The lowest BCUT2D eigenvalue weighted by Crippen LogP contribution is -2.38. The average Bonchev–Trinajstić information content (AvgIpc) is 2.48. The molecule has 0 amide bonds. The molecule has 0 radical (unpaired) electrons. The molecule has 118 valence electrons. The van der Waals surface area contributed by atoms with Gasteiger partial charge >= 0.3 is 0 Å². The van der Waals surface area contributed by atoms with Crippen LogP contribution in [0.1, 0.15) is 44.7 Å². The second-order valence-electron chi connectivity index (χ2n) is 6.23. The molecule has 1 unspecified atom stereocenters. The first-order valence-electron chi connectivity index (χ1n) is 7.56. The molecule has 0 aromatic heterocycles. The summed E-state index contributed by atoms with van der Waals surface area (Å²) in [4.78, 5) is 0. The van der Waals surface area contributed by atoms with Crippen molar-refractivity contribution < 1.29 is 14.2 Å². The van der Waals surface area contributed by atoms with Crippen molar-refractivity contribution >= 4 is 0 Å². The molecule has 4 heteroatoms. The summed E-state index contributed by atoms with van der Waals surface area (Å²) in [7, 11) is 4.92. The fourth-order valence-corrected chi connectivity index (χ4v) is 2.83. The van der Waals surface area contributed by atoms with E-state index in [1.165, 1.54) is 19.3 Å². The predicted octanol–water partition coefficient (Wildman–Crippen LogP) is 3.55. The van der Waals surface area contributed by atoms with Gasteiger partial charge in [-0.2, -0.15) is 0 Å². The molecular formula is C17H27NO3. The van der Waals surface area contributed by atoms with Gasteiger partial charge in [0.05, 0.1) is 21.3 Å². The molecule has 1 aliphatic carbocycles. The van der Waals surface area contributed by atoms with E-state index in [0.29, 0.717) is 22.7 Å². The van der Waals surface area contributed by atoms with Crippen LogP contribution in [0.4, 0.5) is 0 Å². The highest BCUT2D eigenvalue weighted by molar-refractivity contribution is 5.54. The number of methoxy groups -OCH3 is 3. The first kappa shape index (κ1) is 16.0. The summed E-state index contributed by atoms with van der Waals surface area (Å²) < 4.78 is 16.2. The van der Waals surface area contributed by atoms with E-state index in [9.17, 15) is 0 Å². The van der Waals surface area contributed by atoms with Gasteiger partial charge in [-0.05, 0) is 42.9 Å². The topological polar surface area (TPSA) is 39.7 Å². The lowest BCUT2D eigenvalue weighted by atomic mass is 9.70. The van der Waals surface area contributed by atoms with E-state index < -0.39 is 0 Å². The second-order valence-corrected chi connectivity index (χ2v) is 6.23. The van der Waals surface area contributed by atoms with E-state index in [1.54, 1.807) is 21.3 Å². The zero-order valence-corrected chi connectivity index (χ0v) is 13.8. The number of benzene rings is 1. The fraction of sp³-hybridized carbons (Fsp3) is 0.647. The van der Waals surface area contributed by atoms with Crippen molar-refractivity contribution in [3.63, 3.8) is 0 Å². The Balaban J connectivity index is 2.14. The van der Waals surface area contributed by atoms with Gasteiger partial charge in [-0.15, -0.1) is 0 Å². The van der Waals surface area contributed by atoms with Crippen LogP contribution < -0.4 is 19.5 Å². The molecule has 1 fully saturated rings. The molecule has 1 atom stereocenters. The number of rotatable bonds is 7. The Morgan fingerprint density at radius 1 is 1.10 bits per heavy atom. The highest BCUT2D eigenvalue weighted by Crippen LogP contribution is 2.41. The van der Waals surface area contributed by atoms with Crippen LogP contribution in [0.2, 0.25) is 0 Å². The highest BCUT2D eigenvalue weighted by Gasteiger charge is 2.31. The summed E-state index contributed by atoms with van der Waals surface area (Å²) in [5, 5.41) is 3.63. The molecule has 21 heavy (non-hydrogen) atoms. The molecule has 1 aromatic carbocycles. The smallest absolute Gasteiger partial charge is 0.203 e. The predicted molar refractivity (Wildman–Crippen MR) is 84.5 cm³/mol. The third kappa shape index (κ3) is 3.43. The number of hydrogen-bond donors (Lipinski definition) is 1. The Bertz CT molecular complexity index is 458. The van der Waals surface area contributed by atoms with Gasteiger partial charge in [-0.3, -0.25) is 0 Å². The summed E-state index contributed by atoms with van der Waals surface area (Å²) in [5.74, 6) is 2.05. The molecular weight excluding hydrogens is 266 g/mol. The largest absolute Gasteiger partial charge is 0.493 e. The van der Waals surface area contributed by atoms with Crippen LogP contribution in [0.25, 0.3) is 0 Å². The lowest BCUT2D eigenvalue weighted by molar-refractivity contribution is 0.152. The first-order valence-corrected chi connectivity index (χ1v) is 7.56. The van der Waals surface area contributed by atoms with Crippen LogP contribution in [0.5, 0.6) is 17.2 Å². The SMILES string of the molecule is COc1cc(C(C)NCC2(C)CCC2)cc(OC)c1OC. The summed E-state index contributed by atoms with van der Waals surface area (Å²) in [6.07, 6.45) is 4.00. The Hall–Kier alpha value is -1.42. The van der Waals surface area contributed by atoms with Crippen molar-refractivity contribution in [1.82, 2.24) is 5.32 Å². The maximum Gasteiger partial charge on any atom is 0.203 e. The standard InChI is InChI=1S/C17H27NO3/c1-12(18-11-17(2)7-6-8-17)13-9-14(19-3)16(21-5)15(10-13)20-4/h9-10,12,18H,6-8,11H2,1-5H3. The first-order chi connectivity index (χ1) is 10.0. The van der Waals surface area contributed by atoms with Crippen LogP contribution >= 0.6 is 0 Å². The van der Waals surface area contributed by atoms with E-state index >= 15 is 0 Å². The highest BCUT2D eigenvalue weighted by atomic mass is 16.5. The number of ether oxygens (including phenoxy) is 3. The Kier molecular flexibility index (Phi) is 4.99. The molecule has 1 aromatic rings. The van der Waals surface area contributed by atoms with Crippen LogP contribution in [0.15, 0.2) is 12.1 Å². The summed E-state index contributed by atoms with van der Waals surface area (Å²) in [6.45, 7) is 5.57. The molecule has 0 aliphatic heterocycles. The second kappa shape index (κ2) is 6.56. The van der Waals surface area contributed by atoms with E-state index in [1.807, 2.05) is 12.1 Å². The quantitative estimate of drug-likeness (QED) is 0.834. The molecule has 0 heterocycles. The van der Waals surface area contributed by atoms with Crippen LogP contribution in [-0.4, -0.2) is 27.9 Å². The van der Waals surface area contributed by atoms with Gasteiger partial charge in [-0.25, -0.2) is 0 Å². The van der Waals surface area contributed by atoms with E-state index in [-0.39, 0.29) is 6.04 Å². The molecule has 0 saturated heterocycles. The van der Waals surface area contributed by atoms with Gasteiger partial charge in [0.15, 0.2) is 11.5 Å². The van der Waals surface area contributed by atoms with Crippen molar-refractivity contribution in [2.45, 2.75) is 39.2 Å². The maximum absolute atomic E-state index is 5.41. The summed E-state index contributed by atoms with van der Waals surface area (Å²) >= 11 is 0. The lowest BCUT2D eigenvalue weighted by Gasteiger charge is -2.39. The zero-order valence-electron chi connectivity index (χ0n) is 13.8. The van der Waals surface area contributed by atoms with Crippen LogP contribution in [0, 0.1) is 5.41 Å². The van der Waals surface area contributed by atoms with Crippen molar-refractivity contribution in [2.75, 3.05) is 27.9 Å². The molecule has 1 saturated carbocycles. The molecule has 0 bridgehead atoms. The molecule has 0 spiro atoms. The van der Waals surface area contributed by atoms with E-state index in [4.69, 9.17) is 14.2 Å². The van der Waals surface area contributed by atoms with Gasteiger partial charge in [0.25, 0.3) is 0 Å². The van der Waals surface area contributed by atoms with Gasteiger partial charge in [0, 0.05) is 12.6 Å². The van der Waals surface area contributed by atoms with E-state index in [2.05, 4.69) is 19.2 Å². The van der Waals surface area contributed by atoms with Crippen LogP contribution in [-0.2, 0) is 0 Å². The monoisotopic (exact) mass is 293 g/mol. The molecule has 1 N–H and O–H groups in total. The number of nitrogens with one attached hydrogen (secondary N) is 1.